The molecule has 0 bridgehead atoms. The van der Waals surface area contributed by atoms with Crippen molar-refractivity contribution >= 4 is 37.2 Å². The van der Waals surface area contributed by atoms with E-state index in [1.54, 1.807) is 9.80 Å². The molecule has 0 aliphatic carbocycles. The molecule has 3 aromatic rings. The van der Waals surface area contributed by atoms with Crippen molar-refractivity contribution in [3.63, 3.8) is 0 Å². The van der Waals surface area contributed by atoms with E-state index < -0.39 is 20.0 Å². The predicted octanol–water partition coefficient (Wildman–Crippen LogP) is 4.47. The minimum absolute atomic E-state index is 0.0440. The van der Waals surface area contributed by atoms with Crippen molar-refractivity contribution in [1.29, 1.82) is 0 Å². The van der Waals surface area contributed by atoms with Gasteiger partial charge in [0.2, 0.25) is 0 Å². The third-order valence-electron chi connectivity index (χ3n) is 8.52. The van der Waals surface area contributed by atoms with Crippen molar-refractivity contribution in [3.8, 4) is 5.75 Å². The molecule has 2 amide bonds. The zero-order chi connectivity index (χ0) is 28.2. The highest BCUT2D eigenvalue weighted by Gasteiger charge is 2.66. The summed E-state index contributed by atoms with van der Waals surface area (Å²) < 4.78 is 12.2. The van der Waals surface area contributed by atoms with Crippen molar-refractivity contribution in [2.75, 3.05) is 23.0 Å². The van der Waals surface area contributed by atoms with E-state index in [9.17, 15) is 19.5 Å². The largest absolute Gasteiger partial charge is 0.482 e. The average molecular weight is 559 g/mol. The van der Waals surface area contributed by atoms with Crippen LogP contribution >= 0.6 is 0 Å². The Bertz CT molecular complexity index is 1470. The number of amides is 2. The van der Waals surface area contributed by atoms with Gasteiger partial charge in [0, 0.05) is 29.3 Å². The number of para-hydroxylation sites is 3. The van der Waals surface area contributed by atoms with Gasteiger partial charge in [0.1, 0.15) is 5.75 Å². The van der Waals surface area contributed by atoms with E-state index in [1.807, 2.05) is 92.8 Å². The molecule has 0 radical (unpaired) electrons. The van der Waals surface area contributed by atoms with Crippen LogP contribution in [0.4, 0.5) is 17.1 Å². The Labute approximate surface area is 234 Å². The highest BCUT2D eigenvalue weighted by Crippen LogP contribution is 2.59. The number of anilines is 3. The van der Waals surface area contributed by atoms with Gasteiger partial charge in [-0.3, -0.25) is 14.5 Å². The van der Waals surface area contributed by atoms with E-state index in [2.05, 4.69) is 0 Å². The van der Waals surface area contributed by atoms with Gasteiger partial charge >= 0.3 is 0 Å². The number of hydrogen-bond donors (Lipinski definition) is 2. The number of ether oxygens (including phenoxy) is 2. The Morgan fingerprint density at radius 2 is 1.73 bits per heavy atom. The van der Waals surface area contributed by atoms with Crippen LogP contribution in [-0.4, -0.2) is 49.4 Å². The van der Waals surface area contributed by atoms with E-state index in [0.717, 1.165) is 16.8 Å². The second-order valence-corrected chi connectivity index (χ2v) is 15.4. The Morgan fingerprint density at radius 1 is 1.00 bits per heavy atom. The van der Waals surface area contributed by atoms with Crippen molar-refractivity contribution in [3.05, 3.63) is 83.9 Å². The number of carbonyl (C=O) groups is 2. The van der Waals surface area contributed by atoms with Gasteiger partial charge in [-0.2, -0.15) is 0 Å². The minimum atomic E-state index is -2.74. The summed E-state index contributed by atoms with van der Waals surface area (Å²) in [5.74, 6) is 0.0430. The SMILES string of the molecule is C[C@H]1[C@H]([Si](C)(C)O)[C@@H](CCO)O[C@]12C(=O)N(Cc1cccc(N3C(=O)COc4ccccc43)c1)c1ccccc12. The average Bonchev–Trinajstić information content (AvgIpc) is 3.36. The minimum Gasteiger partial charge on any atom is -0.482 e. The molecule has 3 aliphatic heterocycles. The van der Waals surface area contributed by atoms with E-state index in [1.165, 1.54) is 0 Å². The zero-order valence-corrected chi connectivity index (χ0v) is 23.9. The molecule has 0 saturated carbocycles. The first-order valence-electron chi connectivity index (χ1n) is 13.7. The number of carbonyl (C=O) groups excluding carboxylic acids is 2. The molecule has 0 unspecified atom stereocenters. The second-order valence-electron chi connectivity index (χ2n) is 11.4. The maximum atomic E-state index is 14.4. The molecule has 208 valence electrons. The highest BCUT2D eigenvalue weighted by atomic mass is 28.4. The molecule has 3 heterocycles. The maximum absolute atomic E-state index is 14.4. The number of nitrogens with zero attached hydrogens (tertiary/aromatic N) is 2. The second kappa shape index (κ2) is 9.85. The Morgan fingerprint density at radius 3 is 2.48 bits per heavy atom. The fraction of sp³-hybridized carbons (Fsp3) is 0.355. The van der Waals surface area contributed by atoms with Gasteiger partial charge in [0.05, 0.1) is 24.0 Å². The van der Waals surface area contributed by atoms with Crippen LogP contribution < -0.4 is 14.5 Å². The summed E-state index contributed by atoms with van der Waals surface area (Å²) in [5, 5.41) is 9.77. The lowest BCUT2D eigenvalue weighted by Gasteiger charge is -2.32. The lowest BCUT2D eigenvalue weighted by Crippen LogP contribution is -2.46. The summed E-state index contributed by atoms with van der Waals surface area (Å²) in [6.07, 6.45) is -0.0559. The van der Waals surface area contributed by atoms with Crippen molar-refractivity contribution in [2.45, 2.75) is 50.2 Å². The molecule has 4 atom stereocenters. The van der Waals surface area contributed by atoms with Crippen LogP contribution in [0.2, 0.25) is 18.6 Å². The number of aliphatic hydroxyl groups excluding tert-OH is 1. The fourth-order valence-corrected chi connectivity index (χ4v) is 9.55. The Hall–Kier alpha value is -3.50. The van der Waals surface area contributed by atoms with Gasteiger partial charge in [0.15, 0.2) is 20.5 Å². The molecule has 3 aromatic carbocycles. The summed E-state index contributed by atoms with van der Waals surface area (Å²) >= 11 is 0. The molecular formula is C31H34N2O6Si. The molecule has 1 spiro atoms. The monoisotopic (exact) mass is 558 g/mol. The normalized spacial score (nSPS) is 25.8. The van der Waals surface area contributed by atoms with E-state index in [0.29, 0.717) is 23.5 Å². The summed E-state index contributed by atoms with van der Waals surface area (Å²) in [6, 6.07) is 22.8. The first-order chi connectivity index (χ1) is 19.2. The molecule has 1 fully saturated rings. The molecule has 3 aliphatic rings. The quantitative estimate of drug-likeness (QED) is 0.433. The number of rotatable bonds is 6. The topological polar surface area (TPSA) is 99.5 Å². The van der Waals surface area contributed by atoms with Gasteiger partial charge in [-0.15, -0.1) is 0 Å². The van der Waals surface area contributed by atoms with Crippen LogP contribution in [0.15, 0.2) is 72.8 Å². The summed E-state index contributed by atoms with van der Waals surface area (Å²) in [7, 11) is -2.74. The number of fused-ring (bicyclic) bond motifs is 3. The lowest BCUT2D eigenvalue weighted by molar-refractivity contribution is -0.146. The number of benzene rings is 3. The van der Waals surface area contributed by atoms with Gasteiger partial charge < -0.3 is 24.3 Å². The molecule has 1 saturated heterocycles. The van der Waals surface area contributed by atoms with Crippen LogP contribution in [0.3, 0.4) is 0 Å². The molecule has 9 heteroatoms. The summed E-state index contributed by atoms with van der Waals surface area (Å²) in [6.45, 7) is 5.91. The first-order valence-corrected chi connectivity index (χ1v) is 16.8. The molecule has 6 rings (SSSR count). The standard InChI is InChI=1S/C31H34N2O6Si/c1-20-29(40(2,3)37)27(15-16-34)39-31(20)23-11-4-5-12-24(23)32(30(31)36)18-21-9-8-10-22(17-21)33-25-13-6-7-14-26(25)38-19-28(33)35/h4-14,17,20,27,29,34,37H,15-16,18-19H2,1-3H3/t20-,27+,29-,31+/m0/s1. The Kier molecular flexibility index (Phi) is 6.57. The van der Waals surface area contributed by atoms with Crippen LogP contribution in [0.25, 0.3) is 0 Å². The smallest absolute Gasteiger partial charge is 0.269 e. The third kappa shape index (κ3) is 4.07. The van der Waals surface area contributed by atoms with Gasteiger partial charge in [0.25, 0.3) is 11.8 Å². The molecular weight excluding hydrogens is 524 g/mol. The predicted molar refractivity (Wildman–Crippen MR) is 154 cm³/mol. The van der Waals surface area contributed by atoms with Crippen molar-refractivity contribution in [2.24, 2.45) is 5.92 Å². The van der Waals surface area contributed by atoms with E-state index >= 15 is 0 Å². The zero-order valence-electron chi connectivity index (χ0n) is 22.9. The third-order valence-corrected chi connectivity index (χ3v) is 11.0. The number of hydrogen-bond acceptors (Lipinski definition) is 6. The van der Waals surface area contributed by atoms with Gasteiger partial charge in [-0.1, -0.05) is 49.4 Å². The van der Waals surface area contributed by atoms with Crippen molar-refractivity contribution in [1.82, 2.24) is 0 Å². The van der Waals surface area contributed by atoms with Crippen LogP contribution in [0.1, 0.15) is 24.5 Å². The van der Waals surface area contributed by atoms with Crippen LogP contribution in [0, 0.1) is 5.92 Å². The van der Waals surface area contributed by atoms with E-state index in [-0.39, 0.29) is 43.0 Å². The fourth-order valence-electron chi connectivity index (χ4n) is 6.95. The van der Waals surface area contributed by atoms with Crippen LogP contribution in [0.5, 0.6) is 5.75 Å². The summed E-state index contributed by atoms with van der Waals surface area (Å²) in [4.78, 5) is 42.0. The highest BCUT2D eigenvalue weighted by molar-refractivity contribution is 6.71. The number of aliphatic hydroxyl groups is 1. The molecule has 8 nitrogen and oxygen atoms in total. The summed E-state index contributed by atoms with van der Waals surface area (Å²) in [5.41, 5.74) is 2.37. The molecule has 2 N–H and O–H groups in total. The molecule has 0 aromatic heterocycles. The van der Waals surface area contributed by atoms with Crippen molar-refractivity contribution < 1.29 is 29.0 Å². The van der Waals surface area contributed by atoms with Gasteiger partial charge in [-0.25, -0.2) is 0 Å². The van der Waals surface area contributed by atoms with E-state index in [4.69, 9.17) is 9.47 Å². The maximum Gasteiger partial charge on any atom is 0.269 e. The molecule has 40 heavy (non-hydrogen) atoms. The van der Waals surface area contributed by atoms with Crippen LogP contribution in [-0.2, 0) is 26.5 Å². The lowest BCUT2D eigenvalue weighted by atomic mass is 9.82. The Balaban J connectivity index is 1.37. The first kappa shape index (κ1) is 26.7. The van der Waals surface area contributed by atoms with Gasteiger partial charge in [-0.05, 0) is 55.4 Å².